The molecule has 0 unspecified atom stereocenters. The molecule has 24 heteroatoms. The monoisotopic (exact) mass is 1380 g/mol. The van der Waals surface area contributed by atoms with Crippen LogP contribution in [0.5, 0.6) is 0 Å². The van der Waals surface area contributed by atoms with E-state index in [0.29, 0.717) is 79.8 Å². The summed E-state index contributed by atoms with van der Waals surface area (Å²) in [6.07, 6.45) is 0. The number of alkyl halides is 1. The molecule has 0 bridgehead atoms. The molecule has 0 saturated heterocycles. The van der Waals surface area contributed by atoms with Crippen molar-refractivity contribution in [2.24, 2.45) is 5.73 Å². The van der Waals surface area contributed by atoms with Gasteiger partial charge in [-0.3, -0.25) is 4.39 Å². The number of carbonyl (C=O) groups excluding carboxylic acids is 3. The van der Waals surface area contributed by atoms with E-state index < -0.39 is 25.1 Å². The van der Waals surface area contributed by atoms with Crippen LogP contribution in [0.3, 0.4) is 0 Å². The predicted molar refractivity (Wildman–Crippen MR) is 364 cm³/mol. The van der Waals surface area contributed by atoms with Gasteiger partial charge in [0.1, 0.15) is 22.5 Å². The molecule has 5 aromatic heterocycles. The standard InChI is InChI=1S/C21H18N2O4.C20H16N2O4.C12H13NO.C10H10O4.C9H9BrO2.CH3F.Li.H2O/c1-11-5-6-12(2)18-16(11)10-17(26-18)19-22-20(27-23-19)14-7-8-15(13(3)9-14)21(24)25-4;1-10-4-5-11(2)17-15(10)9-16(25-17)18-21-19(26-22-18)13-6-7-14(20(23)24)12(3)8-13;1-7-4-5-8(2)12-10(7)6-11(14-12)9(3)13;1-6-5-7(9(11)12)3-4-8(6)10(13)14-2;1-6-5-7(10)3-4-8(6)9(11)12-2;1-2;;/h5-10H,1-4H3;4-9H,1-3H3,(H,23,24);4-6H,3,13H2,1-2H3;3-5H,1-2H3,(H,11,12);3-5H,1-2H3;1H3;;1H2/q;;;;;;+1;/p-1/i;;;;;1D;;. The predicted octanol–water partition coefficient (Wildman–Crippen LogP) is 14.1. The van der Waals surface area contributed by atoms with E-state index >= 15 is 0 Å². The van der Waals surface area contributed by atoms with Crippen molar-refractivity contribution in [1.82, 2.24) is 20.3 Å². The summed E-state index contributed by atoms with van der Waals surface area (Å²) in [5.41, 5.74) is 21.5. The van der Waals surface area contributed by atoms with E-state index in [4.69, 9.17) is 44.4 Å². The van der Waals surface area contributed by atoms with Gasteiger partial charge in [0.05, 0.1) is 63.4 Å². The van der Waals surface area contributed by atoms with Gasteiger partial charge in [-0.15, -0.1) is 0 Å². The van der Waals surface area contributed by atoms with Crippen molar-refractivity contribution in [1.29, 1.82) is 0 Å². The fraction of sp³-hybridized carbons (Fsp3) is 0.192. The SMILES string of the molecule is C=C(N)c1cc2c(C)ccc(C)c2o1.COC(=O)c1ccc(-c2nc(-c3cc4c(C)ccc(C)c4o3)no2)cc1C.COC(=O)c1ccc(Br)cc1C.COC(=O)c1ccc(C(=O)O)cc1C.Cc1cc(-c2nc(-c3cc4c(C)ccc(C)c4o3)no2)ccc1C(=O)O.[2H]CF.[Li+].[OH-]. The Morgan fingerprint density at radius 1 is 0.485 bits per heavy atom. The number of carboxylic acids is 2. The Hall–Kier alpha value is -10.7. The number of carboxylic acid groups (broad SMARTS) is 2. The van der Waals surface area contributed by atoms with Crippen LogP contribution in [0.4, 0.5) is 4.39 Å². The van der Waals surface area contributed by atoms with E-state index in [9.17, 15) is 28.4 Å². The number of rotatable bonds is 10. The molecule has 7 aromatic carbocycles. The number of ether oxygens (including phenoxy) is 3. The fourth-order valence-corrected chi connectivity index (χ4v) is 10.2. The van der Waals surface area contributed by atoms with Gasteiger partial charge < -0.3 is 57.9 Å². The smallest absolute Gasteiger partial charge is 0.870 e. The van der Waals surface area contributed by atoms with Crippen molar-refractivity contribution >= 4 is 84.4 Å². The van der Waals surface area contributed by atoms with E-state index in [-0.39, 0.29) is 47.4 Å². The van der Waals surface area contributed by atoms with Gasteiger partial charge in [0, 0.05) is 31.8 Å². The van der Waals surface area contributed by atoms with E-state index in [1.807, 2.05) is 109 Å². The summed E-state index contributed by atoms with van der Waals surface area (Å²) in [4.78, 5) is 64.6. The zero-order chi connectivity index (χ0) is 70.4. The molecular formula is C73H70BrFLiN5O16. The van der Waals surface area contributed by atoms with Crippen LogP contribution in [0.15, 0.2) is 161 Å². The molecule has 0 aliphatic rings. The number of aryl methyl sites for hydroxylation is 10. The largest absolute Gasteiger partial charge is 1.00 e. The summed E-state index contributed by atoms with van der Waals surface area (Å²) in [5.74, 6) is 0.0662. The number of nitrogens with zero attached hydrogens (tertiary/aromatic N) is 4. The quantitative estimate of drug-likeness (QED) is 0.0650. The number of esters is 3. The number of hydrogen-bond acceptors (Lipinski definition) is 19. The first-order chi connectivity index (χ1) is 45.6. The first-order valence-electron chi connectivity index (χ1n) is 29.6. The van der Waals surface area contributed by atoms with Gasteiger partial charge in [-0.1, -0.05) is 69.2 Å². The number of furan rings is 3. The number of hydrogen-bond donors (Lipinski definition) is 3. The molecule has 0 fully saturated rings. The zero-order valence-corrected chi connectivity index (χ0v) is 57.4. The fourth-order valence-electron chi connectivity index (χ4n) is 9.71. The van der Waals surface area contributed by atoms with Crippen molar-refractivity contribution < 1.29 is 101 Å². The summed E-state index contributed by atoms with van der Waals surface area (Å²) in [7, 11) is 3.02. The van der Waals surface area contributed by atoms with E-state index in [2.05, 4.69) is 71.3 Å². The van der Waals surface area contributed by atoms with E-state index in [1.54, 1.807) is 44.2 Å². The topological polar surface area (TPSA) is 327 Å². The van der Waals surface area contributed by atoms with Crippen LogP contribution in [-0.2, 0) is 14.2 Å². The third-order valence-electron chi connectivity index (χ3n) is 15.0. The maximum absolute atomic E-state index is 11.7. The maximum Gasteiger partial charge on any atom is 1.00 e. The normalized spacial score (nSPS) is 10.4. The Morgan fingerprint density at radius 2 is 0.835 bits per heavy atom. The zero-order valence-electron chi connectivity index (χ0n) is 56.8. The van der Waals surface area contributed by atoms with E-state index in [1.165, 1.54) is 51.2 Å². The summed E-state index contributed by atoms with van der Waals surface area (Å²) in [6.45, 7) is 22.9. The van der Waals surface area contributed by atoms with Gasteiger partial charge >= 0.3 is 48.7 Å². The minimum Gasteiger partial charge on any atom is -0.870 e. The molecule has 0 amide bonds. The van der Waals surface area contributed by atoms with Crippen LogP contribution >= 0.6 is 15.9 Å². The molecule has 498 valence electrons. The van der Waals surface area contributed by atoms with Gasteiger partial charge in [-0.05, 0) is 216 Å². The molecule has 97 heavy (non-hydrogen) atoms. The molecule has 0 saturated carbocycles. The van der Waals surface area contributed by atoms with Gasteiger partial charge in [0.2, 0.25) is 11.6 Å². The van der Waals surface area contributed by atoms with Crippen molar-refractivity contribution in [2.45, 2.75) is 69.2 Å². The second-order valence-electron chi connectivity index (χ2n) is 21.7. The third kappa shape index (κ3) is 18.2. The Morgan fingerprint density at radius 3 is 1.18 bits per heavy atom. The van der Waals surface area contributed by atoms with Crippen molar-refractivity contribution in [3.63, 3.8) is 0 Å². The van der Waals surface area contributed by atoms with Gasteiger partial charge in [-0.25, -0.2) is 24.0 Å². The number of carbonyl (C=O) groups is 5. The number of fused-ring (bicyclic) bond motifs is 3. The van der Waals surface area contributed by atoms with Gasteiger partial charge in [0.25, 0.3) is 11.8 Å². The van der Waals surface area contributed by atoms with Crippen LogP contribution in [0.1, 0.15) is 115 Å². The molecule has 0 spiro atoms. The Bertz CT molecular complexity index is 4780. The van der Waals surface area contributed by atoms with Crippen molar-refractivity contribution in [2.75, 3.05) is 28.5 Å². The minimum atomic E-state index is -1.01. The van der Waals surface area contributed by atoms with Crippen LogP contribution in [0.2, 0.25) is 0 Å². The molecule has 0 radical (unpaired) electrons. The Labute approximate surface area is 579 Å². The number of aromatic nitrogens is 4. The molecule has 0 aliphatic heterocycles. The Kier molecular flexibility index (Phi) is 26.5. The molecule has 0 aliphatic carbocycles. The number of nitrogens with two attached hydrogens (primary N) is 1. The molecule has 5 N–H and O–H groups in total. The summed E-state index contributed by atoms with van der Waals surface area (Å²) < 4.78 is 58.6. The van der Waals surface area contributed by atoms with Crippen LogP contribution < -0.4 is 24.6 Å². The average Bonchev–Trinajstić information content (AvgIpc) is 1.57. The number of benzene rings is 7. The minimum absolute atomic E-state index is 0. The van der Waals surface area contributed by atoms with Gasteiger partial charge in [0.15, 0.2) is 11.5 Å². The summed E-state index contributed by atoms with van der Waals surface area (Å²) >= 11 is 3.32. The first kappa shape index (κ1) is 75.3. The average molecular weight is 1380 g/mol. The molecular weight excluding hydrogens is 1310 g/mol. The van der Waals surface area contributed by atoms with Crippen LogP contribution in [0, 0.1) is 69.2 Å². The van der Waals surface area contributed by atoms with Gasteiger partial charge in [-0.2, -0.15) is 9.97 Å². The number of halogens is 2. The van der Waals surface area contributed by atoms with Crippen LogP contribution in [-0.4, -0.2) is 94.3 Å². The number of aromatic carboxylic acids is 2. The second kappa shape index (κ2) is 34.1. The third-order valence-corrected chi connectivity index (χ3v) is 15.5. The van der Waals surface area contributed by atoms with Crippen LogP contribution in [0.25, 0.3) is 84.7 Å². The summed E-state index contributed by atoms with van der Waals surface area (Å²) in [5, 5.41) is 29.0. The molecule has 12 aromatic rings. The maximum atomic E-state index is 11.7. The molecule has 5 heterocycles. The molecule has 21 nitrogen and oxygen atoms in total. The number of methoxy groups -OCH3 is 3. The van der Waals surface area contributed by atoms with E-state index in [0.717, 1.165) is 81.9 Å². The first-order valence-corrected chi connectivity index (χ1v) is 29.7. The Balaban J connectivity index is 0.000000226. The van der Waals surface area contributed by atoms with Crippen molar-refractivity contribution in [3.8, 4) is 46.1 Å². The molecule has 0 atom stereocenters. The second-order valence-corrected chi connectivity index (χ2v) is 22.6. The summed E-state index contributed by atoms with van der Waals surface area (Å²) in [6, 6.07) is 37.9. The van der Waals surface area contributed by atoms with Crippen molar-refractivity contribution in [3.05, 3.63) is 228 Å². The molecule has 12 rings (SSSR count).